The third kappa shape index (κ3) is 3.55. The molecule has 0 spiro atoms. The molecule has 0 aliphatic carbocycles. The van der Waals surface area contributed by atoms with Crippen LogP contribution in [0.3, 0.4) is 0 Å². The Morgan fingerprint density at radius 3 is 2.68 bits per heavy atom. The van der Waals surface area contributed by atoms with E-state index in [1.807, 2.05) is 30.3 Å². The molecule has 2 heterocycles. The number of para-hydroxylation sites is 1. The Labute approximate surface area is 151 Å². The molecule has 0 atom stereocenters. The molecule has 0 unspecified atom stereocenters. The van der Waals surface area contributed by atoms with Crippen molar-refractivity contribution in [2.45, 2.75) is 13.1 Å². The van der Waals surface area contributed by atoms with E-state index in [2.05, 4.69) is 35.1 Å². The standard InChI is InChI=1S/C20H19ClN2O2/c1-23(12-14-6-7-18-19(10-14)25-9-8-24-18)13-16-11-15-4-2-3-5-17(15)22-20(16)21/h2-7,10-11H,8-9,12-13H2,1H3. The summed E-state index contributed by atoms with van der Waals surface area (Å²) >= 11 is 6.37. The van der Waals surface area contributed by atoms with Crippen molar-refractivity contribution in [1.29, 1.82) is 0 Å². The van der Waals surface area contributed by atoms with Crippen molar-refractivity contribution in [2.24, 2.45) is 0 Å². The minimum atomic E-state index is 0.563. The molecule has 0 amide bonds. The van der Waals surface area contributed by atoms with Gasteiger partial charge in [0.05, 0.1) is 5.52 Å². The van der Waals surface area contributed by atoms with Crippen LogP contribution in [0.15, 0.2) is 48.5 Å². The molecule has 0 saturated heterocycles. The Bertz CT molecular complexity index is 913. The third-order valence-electron chi connectivity index (χ3n) is 4.25. The number of pyridine rings is 1. The van der Waals surface area contributed by atoms with Crippen LogP contribution in [0.1, 0.15) is 11.1 Å². The number of hydrogen-bond donors (Lipinski definition) is 0. The molecule has 0 N–H and O–H groups in total. The predicted molar refractivity (Wildman–Crippen MR) is 99.4 cm³/mol. The van der Waals surface area contributed by atoms with Crippen LogP contribution in [0.5, 0.6) is 11.5 Å². The minimum absolute atomic E-state index is 0.563. The highest BCUT2D eigenvalue weighted by molar-refractivity contribution is 6.30. The molecule has 5 heteroatoms. The van der Waals surface area contributed by atoms with Crippen molar-refractivity contribution in [1.82, 2.24) is 9.88 Å². The summed E-state index contributed by atoms with van der Waals surface area (Å²) < 4.78 is 11.2. The van der Waals surface area contributed by atoms with E-state index in [9.17, 15) is 0 Å². The van der Waals surface area contributed by atoms with Crippen LogP contribution >= 0.6 is 11.6 Å². The van der Waals surface area contributed by atoms with Gasteiger partial charge in [-0.3, -0.25) is 4.90 Å². The predicted octanol–water partition coefficient (Wildman–Crippen LogP) is 4.29. The summed E-state index contributed by atoms with van der Waals surface area (Å²) in [5.41, 5.74) is 3.13. The SMILES string of the molecule is CN(Cc1ccc2c(c1)OCCO2)Cc1cc2ccccc2nc1Cl. The number of ether oxygens (including phenoxy) is 2. The number of benzene rings is 2. The Morgan fingerprint density at radius 1 is 1.00 bits per heavy atom. The monoisotopic (exact) mass is 354 g/mol. The largest absolute Gasteiger partial charge is 0.486 e. The van der Waals surface area contributed by atoms with Gasteiger partial charge in [0.1, 0.15) is 18.4 Å². The van der Waals surface area contributed by atoms with E-state index in [0.717, 1.165) is 41.1 Å². The Kier molecular flexibility index (Phi) is 4.47. The van der Waals surface area contributed by atoms with Gasteiger partial charge in [-0.05, 0) is 36.9 Å². The summed E-state index contributed by atoms with van der Waals surface area (Å²) in [6.45, 7) is 2.73. The number of rotatable bonds is 4. The Morgan fingerprint density at radius 2 is 1.80 bits per heavy atom. The average molecular weight is 355 g/mol. The van der Waals surface area contributed by atoms with E-state index < -0.39 is 0 Å². The summed E-state index contributed by atoms with van der Waals surface area (Å²) in [5.74, 6) is 1.64. The van der Waals surface area contributed by atoms with Gasteiger partial charge in [0.25, 0.3) is 0 Å². The first-order chi connectivity index (χ1) is 12.2. The average Bonchev–Trinajstić information content (AvgIpc) is 2.62. The molecule has 1 aromatic heterocycles. The zero-order valence-corrected chi connectivity index (χ0v) is 14.8. The molecule has 4 nitrogen and oxygen atoms in total. The van der Waals surface area contributed by atoms with Crippen LogP contribution in [0.4, 0.5) is 0 Å². The Hall–Kier alpha value is -2.30. The van der Waals surface area contributed by atoms with Gasteiger partial charge < -0.3 is 9.47 Å². The maximum atomic E-state index is 6.37. The zero-order chi connectivity index (χ0) is 17.2. The first-order valence-corrected chi connectivity index (χ1v) is 8.68. The molecule has 0 bridgehead atoms. The maximum Gasteiger partial charge on any atom is 0.161 e. The molecule has 25 heavy (non-hydrogen) atoms. The number of nitrogens with zero attached hydrogens (tertiary/aromatic N) is 2. The van der Waals surface area contributed by atoms with E-state index in [-0.39, 0.29) is 0 Å². The van der Waals surface area contributed by atoms with Gasteiger partial charge in [-0.1, -0.05) is 35.9 Å². The summed E-state index contributed by atoms with van der Waals surface area (Å²) in [7, 11) is 2.07. The molecule has 128 valence electrons. The van der Waals surface area contributed by atoms with Gasteiger partial charge in [0, 0.05) is 24.0 Å². The second-order valence-corrected chi connectivity index (χ2v) is 6.64. The first-order valence-electron chi connectivity index (χ1n) is 8.30. The molecule has 2 aromatic carbocycles. The quantitative estimate of drug-likeness (QED) is 0.654. The molecular formula is C20H19ClN2O2. The van der Waals surface area contributed by atoms with Crippen molar-refractivity contribution < 1.29 is 9.47 Å². The van der Waals surface area contributed by atoms with Crippen LogP contribution in [0, 0.1) is 0 Å². The fourth-order valence-corrected chi connectivity index (χ4v) is 3.30. The van der Waals surface area contributed by atoms with Crippen LogP contribution in [0.2, 0.25) is 5.15 Å². The topological polar surface area (TPSA) is 34.6 Å². The van der Waals surface area contributed by atoms with Crippen molar-refractivity contribution in [2.75, 3.05) is 20.3 Å². The summed E-state index contributed by atoms with van der Waals surface area (Å²) in [6.07, 6.45) is 0. The van der Waals surface area contributed by atoms with Crippen LogP contribution in [-0.4, -0.2) is 30.1 Å². The van der Waals surface area contributed by atoms with Crippen molar-refractivity contribution in [3.05, 3.63) is 64.8 Å². The molecule has 0 radical (unpaired) electrons. The molecule has 3 aromatic rings. The lowest BCUT2D eigenvalue weighted by atomic mass is 10.1. The highest BCUT2D eigenvalue weighted by atomic mass is 35.5. The van der Waals surface area contributed by atoms with Crippen molar-refractivity contribution >= 4 is 22.5 Å². The fourth-order valence-electron chi connectivity index (χ4n) is 3.09. The summed E-state index contributed by atoms with van der Waals surface area (Å²) in [5, 5.41) is 1.67. The third-order valence-corrected chi connectivity index (χ3v) is 4.58. The van der Waals surface area contributed by atoms with Gasteiger partial charge in [-0.15, -0.1) is 0 Å². The van der Waals surface area contributed by atoms with Gasteiger partial charge in [0.2, 0.25) is 0 Å². The maximum absolute atomic E-state index is 6.37. The molecule has 1 aliphatic rings. The van der Waals surface area contributed by atoms with E-state index in [1.54, 1.807) is 0 Å². The van der Waals surface area contributed by atoms with Gasteiger partial charge in [0.15, 0.2) is 11.5 Å². The lowest BCUT2D eigenvalue weighted by molar-refractivity contribution is 0.171. The second kappa shape index (κ2) is 6.90. The molecule has 1 aliphatic heterocycles. The lowest BCUT2D eigenvalue weighted by Gasteiger charge is -2.21. The van der Waals surface area contributed by atoms with Gasteiger partial charge >= 0.3 is 0 Å². The summed E-state index contributed by atoms with van der Waals surface area (Å²) in [6, 6.07) is 16.2. The van der Waals surface area contributed by atoms with E-state index in [4.69, 9.17) is 21.1 Å². The fraction of sp³-hybridized carbons (Fsp3) is 0.250. The first kappa shape index (κ1) is 16.2. The van der Waals surface area contributed by atoms with Gasteiger partial charge in [-0.2, -0.15) is 0 Å². The van der Waals surface area contributed by atoms with Crippen LogP contribution < -0.4 is 9.47 Å². The van der Waals surface area contributed by atoms with Crippen molar-refractivity contribution in [3.8, 4) is 11.5 Å². The van der Waals surface area contributed by atoms with E-state index in [1.165, 1.54) is 5.56 Å². The Balaban J connectivity index is 1.50. The minimum Gasteiger partial charge on any atom is -0.486 e. The van der Waals surface area contributed by atoms with E-state index >= 15 is 0 Å². The van der Waals surface area contributed by atoms with E-state index in [0.29, 0.717) is 18.4 Å². The highest BCUT2D eigenvalue weighted by Crippen LogP contribution is 2.31. The molecule has 4 rings (SSSR count). The molecular weight excluding hydrogens is 336 g/mol. The number of aromatic nitrogens is 1. The number of hydrogen-bond acceptors (Lipinski definition) is 4. The molecule has 0 saturated carbocycles. The highest BCUT2D eigenvalue weighted by Gasteiger charge is 2.13. The van der Waals surface area contributed by atoms with Gasteiger partial charge in [-0.25, -0.2) is 4.98 Å². The molecule has 0 fully saturated rings. The zero-order valence-electron chi connectivity index (χ0n) is 14.0. The second-order valence-electron chi connectivity index (χ2n) is 6.28. The lowest BCUT2D eigenvalue weighted by Crippen LogP contribution is -2.19. The van der Waals surface area contributed by atoms with Crippen LogP contribution in [0.25, 0.3) is 10.9 Å². The number of halogens is 1. The van der Waals surface area contributed by atoms with Crippen LogP contribution in [-0.2, 0) is 13.1 Å². The summed E-state index contributed by atoms with van der Waals surface area (Å²) in [4.78, 5) is 6.71. The smallest absolute Gasteiger partial charge is 0.161 e. The number of fused-ring (bicyclic) bond motifs is 2. The normalized spacial score (nSPS) is 13.4. The van der Waals surface area contributed by atoms with Crippen molar-refractivity contribution in [3.63, 3.8) is 0 Å².